The number of benzene rings is 3. The van der Waals surface area contributed by atoms with Gasteiger partial charge in [-0.1, -0.05) is 60.1 Å². The molecule has 0 radical (unpaired) electrons. The molecule has 3 aromatic rings. The van der Waals surface area contributed by atoms with Gasteiger partial charge in [0.1, 0.15) is 9.75 Å². The lowest BCUT2D eigenvalue weighted by Crippen LogP contribution is -2.57. The van der Waals surface area contributed by atoms with Crippen LogP contribution in [0, 0.1) is 11.8 Å². The fourth-order valence-electron chi connectivity index (χ4n) is 5.76. The summed E-state index contributed by atoms with van der Waals surface area (Å²) in [5, 5.41) is -0.164. The van der Waals surface area contributed by atoms with Crippen molar-refractivity contribution in [2.75, 3.05) is 4.90 Å². The lowest BCUT2D eigenvalue weighted by atomic mass is 9.54. The number of imide groups is 1. The van der Waals surface area contributed by atoms with Gasteiger partial charge in [0.05, 0.1) is 28.1 Å². The SMILES string of the molecule is O=C1[C@H]2[C@H](C(=O)N1c1cc(C(F)(F)F)ccc1Cl)C1(Cl)c3ccccc3C2(Cl)c2ccccc21. The van der Waals surface area contributed by atoms with Crippen LogP contribution in [-0.2, 0) is 25.5 Å². The topological polar surface area (TPSA) is 37.4 Å². The molecule has 0 unspecified atom stereocenters. The normalized spacial score (nSPS) is 29.2. The minimum Gasteiger partial charge on any atom is -0.274 e. The van der Waals surface area contributed by atoms with Crippen LogP contribution >= 0.6 is 34.8 Å². The summed E-state index contributed by atoms with van der Waals surface area (Å²) in [6.45, 7) is 0. The van der Waals surface area contributed by atoms with Crippen LogP contribution < -0.4 is 4.90 Å². The van der Waals surface area contributed by atoms with E-state index in [2.05, 4.69) is 0 Å². The van der Waals surface area contributed by atoms with Gasteiger partial charge in [0.15, 0.2) is 0 Å². The molecule has 0 saturated carbocycles. The van der Waals surface area contributed by atoms with Gasteiger partial charge in [-0.3, -0.25) is 9.59 Å². The van der Waals surface area contributed by atoms with Crippen LogP contribution in [0.15, 0.2) is 66.7 Å². The number of anilines is 1. The van der Waals surface area contributed by atoms with Crippen LogP contribution in [0.5, 0.6) is 0 Å². The zero-order chi connectivity index (χ0) is 24.2. The van der Waals surface area contributed by atoms with Crippen molar-refractivity contribution in [1.82, 2.24) is 0 Å². The van der Waals surface area contributed by atoms with E-state index >= 15 is 0 Å². The highest BCUT2D eigenvalue weighted by Gasteiger charge is 2.73. The summed E-state index contributed by atoms with van der Waals surface area (Å²) in [6.07, 6.45) is -4.69. The van der Waals surface area contributed by atoms with E-state index in [1.807, 2.05) is 0 Å². The number of hydrogen-bond donors (Lipinski definition) is 0. The first-order chi connectivity index (χ1) is 16.0. The molecule has 4 aliphatic rings. The number of carbonyl (C=O) groups excluding carboxylic acids is 2. The van der Waals surface area contributed by atoms with Crippen molar-refractivity contribution in [3.8, 4) is 0 Å². The van der Waals surface area contributed by atoms with E-state index in [0.717, 1.165) is 17.0 Å². The summed E-state index contributed by atoms with van der Waals surface area (Å²) in [6, 6.07) is 16.7. The molecule has 3 nitrogen and oxygen atoms in total. The number of carbonyl (C=O) groups is 2. The van der Waals surface area contributed by atoms with Crippen molar-refractivity contribution in [2.45, 2.75) is 15.9 Å². The highest BCUT2D eigenvalue weighted by Crippen LogP contribution is 2.69. The Morgan fingerprint density at radius 1 is 0.735 bits per heavy atom. The monoisotopic (exact) mass is 521 g/mol. The summed E-state index contributed by atoms with van der Waals surface area (Å²) in [5.74, 6) is -3.73. The Balaban J connectivity index is 1.62. The maximum Gasteiger partial charge on any atom is 0.416 e. The Kier molecular flexibility index (Phi) is 4.38. The van der Waals surface area contributed by atoms with Gasteiger partial charge in [-0.25, -0.2) is 4.90 Å². The summed E-state index contributed by atoms with van der Waals surface area (Å²) in [5.41, 5.74) is 1.04. The number of rotatable bonds is 1. The van der Waals surface area contributed by atoms with Gasteiger partial charge in [0.25, 0.3) is 0 Å². The first-order valence-corrected chi connectivity index (χ1v) is 11.5. The van der Waals surface area contributed by atoms with Crippen molar-refractivity contribution in [3.63, 3.8) is 0 Å². The van der Waals surface area contributed by atoms with Crippen molar-refractivity contribution in [3.05, 3.63) is 99.6 Å². The molecule has 0 aromatic heterocycles. The van der Waals surface area contributed by atoms with Crippen LogP contribution in [0.3, 0.4) is 0 Å². The molecule has 2 bridgehead atoms. The number of amides is 2. The molecule has 1 heterocycles. The van der Waals surface area contributed by atoms with E-state index in [1.165, 1.54) is 0 Å². The maximum atomic E-state index is 13.8. The predicted molar refractivity (Wildman–Crippen MR) is 122 cm³/mol. The predicted octanol–water partition coefficient (Wildman–Crippen LogP) is 6.46. The Bertz CT molecular complexity index is 1300. The second-order valence-corrected chi connectivity index (χ2v) is 10.2. The Morgan fingerprint density at radius 2 is 1.15 bits per heavy atom. The number of hydrogen-bond acceptors (Lipinski definition) is 2. The zero-order valence-electron chi connectivity index (χ0n) is 17.0. The Morgan fingerprint density at radius 3 is 1.53 bits per heavy atom. The average molecular weight is 523 g/mol. The molecular weight excluding hydrogens is 510 g/mol. The smallest absolute Gasteiger partial charge is 0.274 e. The largest absolute Gasteiger partial charge is 0.416 e. The van der Waals surface area contributed by atoms with Gasteiger partial charge in [0.2, 0.25) is 11.8 Å². The van der Waals surface area contributed by atoms with Crippen LogP contribution in [0.2, 0.25) is 5.02 Å². The molecule has 0 spiro atoms. The molecule has 9 heteroatoms. The van der Waals surface area contributed by atoms with Crippen molar-refractivity contribution in [1.29, 1.82) is 0 Å². The summed E-state index contributed by atoms with van der Waals surface area (Å²) in [4.78, 5) is 25.6. The van der Waals surface area contributed by atoms with Gasteiger partial charge < -0.3 is 0 Å². The number of nitrogens with zero attached hydrogens (tertiary/aromatic N) is 1. The first-order valence-electron chi connectivity index (χ1n) is 10.3. The summed E-state index contributed by atoms with van der Waals surface area (Å²) >= 11 is 20.8. The fraction of sp³-hybridized carbons (Fsp3) is 0.200. The molecule has 34 heavy (non-hydrogen) atoms. The lowest BCUT2D eigenvalue weighted by molar-refractivity contribution is -0.137. The highest BCUT2D eigenvalue weighted by atomic mass is 35.5. The second-order valence-electron chi connectivity index (χ2n) is 8.65. The quantitative estimate of drug-likeness (QED) is 0.272. The third-order valence-corrected chi connectivity index (χ3v) is 8.70. The molecule has 2 atom stereocenters. The van der Waals surface area contributed by atoms with E-state index < -0.39 is 45.1 Å². The number of alkyl halides is 5. The summed E-state index contributed by atoms with van der Waals surface area (Å²) in [7, 11) is 0. The van der Waals surface area contributed by atoms with Crippen LogP contribution in [0.1, 0.15) is 27.8 Å². The lowest BCUT2D eigenvalue weighted by Gasteiger charge is -2.54. The fourth-order valence-corrected chi connectivity index (χ4v) is 7.06. The molecule has 2 amide bonds. The minimum atomic E-state index is -4.69. The Labute approximate surface area is 207 Å². The van der Waals surface area contributed by atoms with Gasteiger partial charge in [-0.2, -0.15) is 13.2 Å². The van der Waals surface area contributed by atoms with Gasteiger partial charge in [0, 0.05) is 0 Å². The second kappa shape index (κ2) is 6.78. The molecule has 1 aliphatic heterocycles. The zero-order valence-corrected chi connectivity index (χ0v) is 19.3. The van der Waals surface area contributed by atoms with E-state index in [0.29, 0.717) is 28.3 Å². The maximum absolute atomic E-state index is 13.8. The molecule has 1 saturated heterocycles. The van der Waals surface area contributed by atoms with Crippen molar-refractivity contribution in [2.24, 2.45) is 11.8 Å². The molecule has 172 valence electrons. The minimum absolute atomic E-state index is 0.164. The number of halogens is 6. The van der Waals surface area contributed by atoms with Gasteiger partial charge >= 0.3 is 6.18 Å². The Hall–Kier alpha value is -2.54. The van der Waals surface area contributed by atoms with Crippen LogP contribution in [-0.4, -0.2) is 11.8 Å². The summed E-state index contributed by atoms with van der Waals surface area (Å²) < 4.78 is 40.3. The molecule has 3 aliphatic carbocycles. The van der Waals surface area contributed by atoms with E-state index in [9.17, 15) is 22.8 Å². The first kappa shape index (κ1) is 22.0. The standard InChI is InChI=1S/C25H13Cl3F3NO2/c26-17-10-9-12(25(29,30)31)11-18(17)32-21(33)19-20(22(32)34)24(28)14-6-2-1-5-13(14)23(19,27)15-7-3-4-8-16(15)24/h1-11,19-20H/t19-,20-,23?,24?/m1/s1. The highest BCUT2D eigenvalue weighted by molar-refractivity contribution is 6.40. The van der Waals surface area contributed by atoms with Crippen LogP contribution in [0.25, 0.3) is 0 Å². The van der Waals surface area contributed by atoms with Gasteiger partial charge in [-0.05, 0) is 40.5 Å². The van der Waals surface area contributed by atoms with Crippen molar-refractivity contribution < 1.29 is 22.8 Å². The molecule has 1 fully saturated rings. The van der Waals surface area contributed by atoms with Crippen molar-refractivity contribution >= 4 is 52.3 Å². The molecule has 3 aromatic carbocycles. The van der Waals surface area contributed by atoms with Crippen LogP contribution in [0.4, 0.5) is 18.9 Å². The molecular formula is C25H13Cl3F3NO2. The van der Waals surface area contributed by atoms with E-state index in [4.69, 9.17) is 34.8 Å². The third-order valence-electron chi connectivity index (χ3n) is 7.10. The average Bonchev–Trinajstić information content (AvgIpc) is 3.08. The molecule has 0 N–H and O–H groups in total. The van der Waals surface area contributed by atoms with E-state index in [-0.39, 0.29) is 10.7 Å². The van der Waals surface area contributed by atoms with E-state index in [1.54, 1.807) is 48.5 Å². The third kappa shape index (κ3) is 2.46. The molecule has 7 rings (SSSR count). The van der Waals surface area contributed by atoms with Gasteiger partial charge in [-0.15, -0.1) is 23.2 Å².